The minimum absolute atomic E-state index is 0.0771. The predicted molar refractivity (Wildman–Crippen MR) is 117 cm³/mol. The van der Waals surface area contributed by atoms with E-state index in [0.717, 1.165) is 30.8 Å². The maximum atomic E-state index is 13.2. The highest BCUT2D eigenvalue weighted by Crippen LogP contribution is 2.33. The van der Waals surface area contributed by atoms with Crippen LogP contribution in [0.5, 0.6) is 0 Å². The van der Waals surface area contributed by atoms with Gasteiger partial charge in [-0.05, 0) is 45.3 Å². The van der Waals surface area contributed by atoms with Gasteiger partial charge in [0.2, 0.25) is 5.91 Å². The highest BCUT2D eigenvalue weighted by Gasteiger charge is 2.35. The van der Waals surface area contributed by atoms with Gasteiger partial charge in [0, 0.05) is 31.9 Å². The fraction of sp³-hybridized carbons (Fsp3) is 0.545. The standard InChI is InChI=1S/C22H30N6O3/c1-14-17(15(2)31-25-14)11-28-18-8-16(9-23-20(18)24-10-19(28)29)21(30)27(5)13-22(3)6-7-26(4)12-22/h8-9H,6-7,10-13H2,1-5H3,(H,23,24). The first-order valence-corrected chi connectivity index (χ1v) is 10.6. The van der Waals surface area contributed by atoms with E-state index in [-0.39, 0.29) is 23.8 Å². The molecule has 1 saturated heterocycles. The second-order valence-corrected chi connectivity index (χ2v) is 9.19. The van der Waals surface area contributed by atoms with E-state index in [1.54, 1.807) is 22.1 Å². The van der Waals surface area contributed by atoms with Crippen LogP contribution in [-0.4, -0.2) is 72.0 Å². The Bertz CT molecular complexity index is 999. The Hall–Kier alpha value is -2.94. The molecule has 1 fully saturated rings. The molecular formula is C22H30N6O3. The van der Waals surface area contributed by atoms with Crippen molar-refractivity contribution in [1.29, 1.82) is 0 Å². The van der Waals surface area contributed by atoms with Crippen molar-refractivity contribution in [2.75, 3.05) is 50.5 Å². The summed E-state index contributed by atoms with van der Waals surface area (Å²) in [5.74, 6) is 1.09. The second-order valence-electron chi connectivity index (χ2n) is 9.19. The summed E-state index contributed by atoms with van der Waals surface area (Å²) in [5, 5.41) is 7.03. The van der Waals surface area contributed by atoms with E-state index >= 15 is 0 Å². The Morgan fingerprint density at radius 2 is 2.16 bits per heavy atom. The summed E-state index contributed by atoms with van der Waals surface area (Å²) in [7, 11) is 3.94. The van der Waals surface area contributed by atoms with Gasteiger partial charge >= 0.3 is 0 Å². The van der Waals surface area contributed by atoms with Gasteiger partial charge in [0.1, 0.15) is 5.76 Å². The molecule has 2 aliphatic rings. The lowest BCUT2D eigenvalue weighted by Crippen LogP contribution is -2.41. The van der Waals surface area contributed by atoms with E-state index in [9.17, 15) is 9.59 Å². The fourth-order valence-electron chi connectivity index (χ4n) is 4.62. The number of pyridine rings is 1. The van der Waals surface area contributed by atoms with Crippen LogP contribution in [0.25, 0.3) is 0 Å². The highest BCUT2D eigenvalue weighted by molar-refractivity contribution is 6.04. The number of hydrogen-bond acceptors (Lipinski definition) is 7. The lowest BCUT2D eigenvalue weighted by atomic mass is 9.89. The first-order valence-electron chi connectivity index (χ1n) is 10.6. The third-order valence-corrected chi connectivity index (χ3v) is 6.33. The van der Waals surface area contributed by atoms with E-state index in [4.69, 9.17) is 4.52 Å². The van der Waals surface area contributed by atoms with Crippen molar-refractivity contribution >= 4 is 23.3 Å². The van der Waals surface area contributed by atoms with Crippen molar-refractivity contribution in [2.45, 2.75) is 33.7 Å². The van der Waals surface area contributed by atoms with Crippen LogP contribution < -0.4 is 10.2 Å². The van der Waals surface area contributed by atoms with Crippen LogP contribution >= 0.6 is 0 Å². The average molecular weight is 427 g/mol. The molecule has 9 heteroatoms. The van der Waals surface area contributed by atoms with Crippen molar-refractivity contribution in [3.05, 3.63) is 34.8 Å². The fourth-order valence-corrected chi connectivity index (χ4v) is 4.62. The summed E-state index contributed by atoms with van der Waals surface area (Å²) < 4.78 is 5.25. The molecular weight excluding hydrogens is 396 g/mol. The number of anilines is 2. The van der Waals surface area contributed by atoms with Gasteiger partial charge in [0.05, 0.1) is 30.0 Å². The van der Waals surface area contributed by atoms with Crippen molar-refractivity contribution < 1.29 is 14.1 Å². The zero-order valence-corrected chi connectivity index (χ0v) is 18.9. The number of aryl methyl sites for hydroxylation is 2. The second kappa shape index (κ2) is 7.96. The number of amides is 2. The summed E-state index contributed by atoms with van der Waals surface area (Å²) in [5.41, 5.74) is 2.76. The number of carbonyl (C=O) groups excluding carboxylic acids is 2. The average Bonchev–Trinajstić information content (AvgIpc) is 3.23. The molecule has 1 atom stereocenters. The van der Waals surface area contributed by atoms with Crippen LogP contribution in [-0.2, 0) is 11.3 Å². The molecule has 2 amide bonds. The Balaban J connectivity index is 1.58. The molecule has 4 heterocycles. The van der Waals surface area contributed by atoms with Gasteiger partial charge in [-0.1, -0.05) is 12.1 Å². The molecule has 0 bridgehead atoms. The Kier molecular flexibility index (Phi) is 5.47. The highest BCUT2D eigenvalue weighted by atomic mass is 16.5. The van der Waals surface area contributed by atoms with Crippen molar-refractivity contribution in [1.82, 2.24) is 19.9 Å². The monoisotopic (exact) mass is 426 g/mol. The molecule has 0 aliphatic carbocycles. The van der Waals surface area contributed by atoms with Gasteiger partial charge in [-0.3, -0.25) is 9.59 Å². The summed E-state index contributed by atoms with van der Waals surface area (Å²) in [6.45, 7) is 9.08. The summed E-state index contributed by atoms with van der Waals surface area (Å²) in [4.78, 5) is 36.0. The van der Waals surface area contributed by atoms with Crippen LogP contribution in [0, 0.1) is 19.3 Å². The SMILES string of the molecule is Cc1noc(C)c1CN1C(=O)CNc2ncc(C(=O)N(C)CC3(C)CCN(C)C3)cc21. The molecule has 0 radical (unpaired) electrons. The molecule has 0 spiro atoms. The van der Waals surface area contributed by atoms with Crippen LogP contribution in [0.1, 0.15) is 40.7 Å². The largest absolute Gasteiger partial charge is 0.361 e. The zero-order valence-electron chi connectivity index (χ0n) is 18.9. The van der Waals surface area contributed by atoms with Crippen LogP contribution in [0.15, 0.2) is 16.8 Å². The summed E-state index contributed by atoms with van der Waals surface area (Å²) in [6.07, 6.45) is 2.64. The number of rotatable bonds is 5. The Morgan fingerprint density at radius 1 is 1.39 bits per heavy atom. The lowest BCUT2D eigenvalue weighted by Gasteiger charge is -2.31. The molecule has 9 nitrogen and oxygen atoms in total. The molecule has 1 unspecified atom stereocenters. The first kappa shape index (κ1) is 21.3. The minimum Gasteiger partial charge on any atom is -0.361 e. The van der Waals surface area contributed by atoms with E-state index < -0.39 is 0 Å². The number of likely N-dealkylation sites (tertiary alicyclic amines) is 1. The number of nitrogens with zero attached hydrogens (tertiary/aromatic N) is 5. The van der Waals surface area contributed by atoms with Gasteiger partial charge in [-0.15, -0.1) is 0 Å². The van der Waals surface area contributed by atoms with Crippen LogP contribution in [0.3, 0.4) is 0 Å². The first-order chi connectivity index (χ1) is 14.7. The minimum atomic E-state index is -0.0959. The van der Waals surface area contributed by atoms with E-state index in [1.807, 2.05) is 20.9 Å². The van der Waals surface area contributed by atoms with E-state index in [2.05, 4.69) is 34.3 Å². The van der Waals surface area contributed by atoms with Crippen LogP contribution in [0.2, 0.25) is 0 Å². The smallest absolute Gasteiger partial charge is 0.255 e. The predicted octanol–water partition coefficient (Wildman–Crippen LogP) is 2.06. The normalized spacial score (nSPS) is 21.2. The number of nitrogens with one attached hydrogen (secondary N) is 1. The maximum absolute atomic E-state index is 13.2. The molecule has 2 aromatic heterocycles. The lowest BCUT2D eigenvalue weighted by molar-refractivity contribution is -0.117. The van der Waals surface area contributed by atoms with Crippen LogP contribution in [0.4, 0.5) is 11.5 Å². The third-order valence-electron chi connectivity index (χ3n) is 6.33. The maximum Gasteiger partial charge on any atom is 0.255 e. The van der Waals surface area contributed by atoms with Gasteiger partial charge in [-0.2, -0.15) is 0 Å². The van der Waals surface area contributed by atoms with Gasteiger partial charge < -0.3 is 24.5 Å². The molecule has 1 N–H and O–H groups in total. The molecule has 0 aromatic carbocycles. The molecule has 2 aromatic rings. The molecule has 31 heavy (non-hydrogen) atoms. The molecule has 4 rings (SSSR count). The zero-order chi connectivity index (χ0) is 22.3. The third kappa shape index (κ3) is 4.14. The van der Waals surface area contributed by atoms with E-state index in [1.165, 1.54) is 0 Å². The van der Waals surface area contributed by atoms with Crippen molar-refractivity contribution in [2.24, 2.45) is 5.41 Å². The number of aromatic nitrogens is 2. The summed E-state index contributed by atoms with van der Waals surface area (Å²) in [6, 6.07) is 1.76. The van der Waals surface area contributed by atoms with E-state index in [0.29, 0.717) is 35.9 Å². The van der Waals surface area contributed by atoms with Crippen molar-refractivity contribution in [3.8, 4) is 0 Å². The van der Waals surface area contributed by atoms with Crippen molar-refractivity contribution in [3.63, 3.8) is 0 Å². The Morgan fingerprint density at radius 3 is 2.81 bits per heavy atom. The summed E-state index contributed by atoms with van der Waals surface area (Å²) >= 11 is 0. The molecule has 166 valence electrons. The van der Waals surface area contributed by atoms with Gasteiger partial charge in [-0.25, -0.2) is 4.98 Å². The van der Waals surface area contributed by atoms with Gasteiger partial charge in [0.15, 0.2) is 5.82 Å². The topological polar surface area (TPSA) is 94.8 Å². The number of hydrogen-bond donors (Lipinski definition) is 1. The Labute approximate surface area is 182 Å². The molecule has 0 saturated carbocycles. The van der Waals surface area contributed by atoms with Gasteiger partial charge in [0.25, 0.3) is 5.91 Å². The molecule has 2 aliphatic heterocycles. The number of carbonyl (C=O) groups is 2. The quantitative estimate of drug-likeness (QED) is 0.782. The number of fused-ring (bicyclic) bond motifs is 1.